The molecule has 2 aromatic carbocycles. The Morgan fingerprint density at radius 3 is 2.28 bits per heavy atom. The van der Waals surface area contributed by atoms with E-state index in [4.69, 9.17) is 4.74 Å². The van der Waals surface area contributed by atoms with E-state index in [0.29, 0.717) is 35.8 Å². The second-order valence-electron chi connectivity index (χ2n) is 11.2. The number of nitrogens with zero attached hydrogens (tertiary/aromatic N) is 3. The third-order valence-corrected chi connectivity index (χ3v) is 11.0. The van der Waals surface area contributed by atoms with Crippen molar-refractivity contribution in [3.05, 3.63) is 81.7 Å². The van der Waals surface area contributed by atoms with Crippen molar-refractivity contribution >= 4 is 38.2 Å². The third-order valence-electron chi connectivity index (χ3n) is 8.02. The minimum absolute atomic E-state index is 0.0790. The van der Waals surface area contributed by atoms with Crippen LogP contribution in [0.1, 0.15) is 64.4 Å². The number of amides is 2. The molecule has 0 bridgehead atoms. The van der Waals surface area contributed by atoms with E-state index in [2.05, 4.69) is 22.3 Å². The molecule has 0 saturated carbocycles. The summed E-state index contributed by atoms with van der Waals surface area (Å²) < 4.78 is 33.7. The van der Waals surface area contributed by atoms with Crippen molar-refractivity contribution in [1.82, 2.24) is 14.1 Å². The fourth-order valence-electron chi connectivity index (χ4n) is 5.85. The summed E-state index contributed by atoms with van der Waals surface area (Å²) in [4.78, 5) is 32.5. The fourth-order valence-corrected chi connectivity index (χ4v) is 8.71. The number of carbonyl (C=O) groups excluding carboxylic acids is 2. The normalized spacial score (nSPS) is 19.5. The lowest BCUT2D eigenvalue weighted by Crippen LogP contribution is -2.48. The molecule has 43 heavy (non-hydrogen) atoms. The number of anilines is 1. The van der Waals surface area contributed by atoms with Crippen LogP contribution in [0.2, 0.25) is 0 Å². The van der Waals surface area contributed by atoms with Gasteiger partial charge in [-0.1, -0.05) is 30.3 Å². The average molecular weight is 625 g/mol. The maximum absolute atomic E-state index is 13.7. The second-order valence-corrected chi connectivity index (χ2v) is 14.2. The minimum Gasteiger partial charge on any atom is -0.373 e. The highest BCUT2D eigenvalue weighted by Crippen LogP contribution is 2.38. The van der Waals surface area contributed by atoms with Crippen molar-refractivity contribution in [1.29, 1.82) is 0 Å². The van der Waals surface area contributed by atoms with Gasteiger partial charge in [-0.05, 0) is 69.5 Å². The molecule has 9 nitrogen and oxygen atoms in total. The number of fused-ring (bicyclic) bond motifs is 1. The van der Waals surface area contributed by atoms with E-state index in [9.17, 15) is 18.0 Å². The average Bonchev–Trinajstić information content (AvgIpc) is 3.34. The van der Waals surface area contributed by atoms with Crippen molar-refractivity contribution in [2.45, 2.75) is 64.3 Å². The summed E-state index contributed by atoms with van der Waals surface area (Å²) in [6, 6.07) is 16.3. The summed E-state index contributed by atoms with van der Waals surface area (Å²) in [6.07, 6.45) is 0.333. The first-order chi connectivity index (χ1) is 20.6. The first-order valence-corrected chi connectivity index (χ1v) is 17.1. The summed E-state index contributed by atoms with van der Waals surface area (Å²) in [5.74, 6) is -0.462. The Morgan fingerprint density at radius 2 is 1.65 bits per heavy atom. The number of nitrogens with one attached hydrogen (secondary N) is 1. The molecule has 2 unspecified atom stereocenters. The Morgan fingerprint density at radius 1 is 1.00 bits per heavy atom. The van der Waals surface area contributed by atoms with Gasteiger partial charge in [-0.2, -0.15) is 4.31 Å². The predicted octanol–water partition coefficient (Wildman–Crippen LogP) is 4.84. The Bertz CT molecular complexity index is 1540. The first kappa shape index (κ1) is 31.3. The first-order valence-electron chi connectivity index (χ1n) is 14.9. The molecule has 2 atom stereocenters. The van der Waals surface area contributed by atoms with Gasteiger partial charge >= 0.3 is 0 Å². The van der Waals surface area contributed by atoms with Crippen LogP contribution in [-0.2, 0) is 34.3 Å². The second kappa shape index (κ2) is 13.3. The molecule has 1 fully saturated rings. The summed E-state index contributed by atoms with van der Waals surface area (Å²) >= 11 is 1.46. The Balaban J connectivity index is 1.37. The van der Waals surface area contributed by atoms with Crippen LogP contribution < -0.4 is 5.32 Å². The molecule has 1 saturated heterocycles. The number of rotatable bonds is 9. The predicted molar refractivity (Wildman–Crippen MR) is 169 cm³/mol. The van der Waals surface area contributed by atoms with Gasteiger partial charge in [0.15, 0.2) is 0 Å². The number of carbonyl (C=O) groups is 2. The van der Waals surface area contributed by atoms with Crippen LogP contribution in [0.15, 0.2) is 59.5 Å². The molecule has 2 aliphatic rings. The highest BCUT2D eigenvalue weighted by Gasteiger charge is 2.33. The lowest BCUT2D eigenvalue weighted by molar-refractivity contribution is -0.0440. The van der Waals surface area contributed by atoms with E-state index >= 15 is 0 Å². The van der Waals surface area contributed by atoms with Gasteiger partial charge in [-0.15, -0.1) is 11.3 Å². The van der Waals surface area contributed by atoms with E-state index < -0.39 is 10.0 Å². The van der Waals surface area contributed by atoms with Gasteiger partial charge in [0.2, 0.25) is 10.0 Å². The van der Waals surface area contributed by atoms with Crippen molar-refractivity contribution in [3.8, 4) is 0 Å². The van der Waals surface area contributed by atoms with Crippen LogP contribution in [0.4, 0.5) is 5.00 Å². The lowest BCUT2D eigenvalue weighted by Gasteiger charge is -2.34. The molecular formula is C32H40N4O5S2. The molecule has 5 rings (SSSR count). The fraction of sp³-hybridized carbons (Fsp3) is 0.438. The molecule has 11 heteroatoms. The number of hydrogen-bond acceptors (Lipinski definition) is 7. The number of hydrogen-bond donors (Lipinski definition) is 1. The Kier molecular flexibility index (Phi) is 9.67. The van der Waals surface area contributed by atoms with Gasteiger partial charge in [0.1, 0.15) is 5.00 Å². The quantitative estimate of drug-likeness (QED) is 0.366. The molecule has 0 radical (unpaired) electrons. The van der Waals surface area contributed by atoms with E-state index in [1.807, 2.05) is 45.9 Å². The molecule has 3 heterocycles. The Labute approximate surface area is 258 Å². The standard InChI is InChI=1S/C32H40N4O5S2/c1-5-35(6-2)32(38)29-27-16-17-34(20-24-10-8-7-9-11-24)21-28(27)42-31(29)33-30(37)25-12-14-26(15-13-25)43(39,40)36-18-22(3)41-23(4)19-36/h7-15,22-23H,5-6,16-21H2,1-4H3,(H,33,37). The lowest BCUT2D eigenvalue weighted by atomic mass is 10.0. The Hall–Kier alpha value is -3.09. The van der Waals surface area contributed by atoms with Gasteiger partial charge in [0.05, 0.1) is 22.7 Å². The highest BCUT2D eigenvalue weighted by molar-refractivity contribution is 7.89. The SMILES string of the molecule is CCN(CC)C(=O)c1c(NC(=O)c2ccc(S(=O)(=O)N3CC(C)OC(C)C3)cc2)sc2c1CCN(Cc1ccccc1)C2. The molecule has 1 aromatic heterocycles. The van der Waals surface area contributed by atoms with Crippen LogP contribution in [0.5, 0.6) is 0 Å². The van der Waals surface area contributed by atoms with Gasteiger partial charge in [-0.25, -0.2) is 8.42 Å². The van der Waals surface area contributed by atoms with E-state index in [1.54, 1.807) is 4.90 Å². The number of morpholine rings is 1. The van der Waals surface area contributed by atoms with Gasteiger partial charge in [0.25, 0.3) is 11.8 Å². The van der Waals surface area contributed by atoms with Crippen LogP contribution in [0, 0.1) is 0 Å². The number of ether oxygens (including phenoxy) is 1. The van der Waals surface area contributed by atoms with Crippen LogP contribution in [0.3, 0.4) is 0 Å². The molecule has 3 aromatic rings. The van der Waals surface area contributed by atoms with Gasteiger partial charge in [0, 0.05) is 56.3 Å². The number of sulfonamides is 1. The van der Waals surface area contributed by atoms with Crippen molar-refractivity contribution in [2.24, 2.45) is 0 Å². The monoisotopic (exact) mass is 624 g/mol. The van der Waals surface area contributed by atoms with Crippen molar-refractivity contribution < 1.29 is 22.7 Å². The van der Waals surface area contributed by atoms with Crippen LogP contribution >= 0.6 is 11.3 Å². The third kappa shape index (κ3) is 6.86. The topological polar surface area (TPSA) is 99.3 Å². The van der Waals surface area contributed by atoms with E-state index in [1.165, 1.54) is 45.5 Å². The van der Waals surface area contributed by atoms with Crippen molar-refractivity contribution in [2.75, 3.05) is 38.0 Å². The smallest absolute Gasteiger partial charge is 0.257 e. The maximum Gasteiger partial charge on any atom is 0.257 e. The zero-order valence-corrected chi connectivity index (χ0v) is 26.8. The zero-order valence-electron chi connectivity index (χ0n) is 25.2. The summed E-state index contributed by atoms with van der Waals surface area (Å²) in [7, 11) is -3.72. The van der Waals surface area contributed by atoms with Crippen LogP contribution in [-0.4, -0.2) is 79.3 Å². The van der Waals surface area contributed by atoms with Crippen molar-refractivity contribution in [3.63, 3.8) is 0 Å². The summed E-state index contributed by atoms with van der Waals surface area (Å²) in [5, 5.41) is 3.55. The summed E-state index contributed by atoms with van der Waals surface area (Å²) in [5.41, 5.74) is 3.14. The molecule has 0 spiro atoms. The van der Waals surface area contributed by atoms with Gasteiger partial charge < -0.3 is 15.0 Å². The molecular weight excluding hydrogens is 585 g/mol. The minimum atomic E-state index is -3.72. The largest absolute Gasteiger partial charge is 0.373 e. The van der Waals surface area contributed by atoms with E-state index in [0.717, 1.165) is 30.0 Å². The highest BCUT2D eigenvalue weighted by atomic mass is 32.2. The molecule has 2 aliphatic heterocycles. The molecule has 1 N–H and O–H groups in total. The van der Waals surface area contributed by atoms with Crippen LogP contribution in [0.25, 0.3) is 0 Å². The molecule has 230 valence electrons. The number of benzene rings is 2. The summed E-state index contributed by atoms with van der Waals surface area (Å²) in [6.45, 7) is 11.7. The molecule has 0 aliphatic carbocycles. The molecule has 2 amide bonds. The van der Waals surface area contributed by atoms with E-state index in [-0.39, 0.29) is 42.0 Å². The zero-order chi connectivity index (χ0) is 30.7. The number of thiophene rings is 1. The maximum atomic E-state index is 13.7. The van der Waals surface area contributed by atoms with Gasteiger partial charge in [-0.3, -0.25) is 14.5 Å².